The molecule has 1 N–H and O–H groups in total. The molecule has 32 heavy (non-hydrogen) atoms. The molecule has 2 fully saturated rings. The summed E-state index contributed by atoms with van der Waals surface area (Å²) in [6.45, 7) is 1.88. The topological polar surface area (TPSA) is 110 Å². The van der Waals surface area contributed by atoms with E-state index in [0.717, 1.165) is 43.0 Å². The molecule has 2 aromatic heterocycles. The highest BCUT2D eigenvalue weighted by Gasteiger charge is 2.32. The molecule has 1 aromatic carbocycles. The van der Waals surface area contributed by atoms with Gasteiger partial charge in [-0.3, -0.25) is 0 Å². The van der Waals surface area contributed by atoms with Crippen molar-refractivity contribution < 1.29 is 13.2 Å². The molecular weight excluding hydrogens is 426 g/mol. The molecule has 0 amide bonds. The smallest absolute Gasteiger partial charge is 0.243 e. The Balaban J connectivity index is 1.59. The standard InChI is InChI=1S/C23H25N5O3S/c1-14(15-6-7-15)27-32(29,30)18-12-25-23(26-13-18)22-20(11-24)19-9-8-17(31-2)10-21(19)28(22)16-4-3-5-16/h8-10,12-16,27H,3-7H2,1-2H3/t14-/m0/s1. The molecule has 5 rings (SSSR count). The van der Waals surface area contributed by atoms with Gasteiger partial charge in [-0.05, 0) is 57.1 Å². The van der Waals surface area contributed by atoms with Crippen molar-refractivity contribution in [1.29, 1.82) is 5.26 Å². The molecule has 3 aromatic rings. The first-order valence-corrected chi connectivity index (χ1v) is 12.4. The van der Waals surface area contributed by atoms with Gasteiger partial charge in [-0.15, -0.1) is 0 Å². The van der Waals surface area contributed by atoms with Crippen LogP contribution in [0.4, 0.5) is 0 Å². The SMILES string of the molecule is COc1ccc2c(C#N)c(-c3ncc(S(=O)(=O)N[C@@H](C)C4CC4)cn3)n(C3CCC3)c2c1. The first-order valence-electron chi connectivity index (χ1n) is 10.9. The second-order valence-corrected chi connectivity index (χ2v) is 10.4. The number of sulfonamides is 1. The first kappa shape index (κ1) is 20.9. The minimum absolute atomic E-state index is 0.0280. The first-order chi connectivity index (χ1) is 15.4. The summed E-state index contributed by atoms with van der Waals surface area (Å²) in [6, 6.07) is 8.10. The molecule has 2 heterocycles. The van der Waals surface area contributed by atoms with Crippen molar-refractivity contribution in [2.75, 3.05) is 7.11 Å². The molecule has 8 nitrogen and oxygen atoms in total. The summed E-state index contributed by atoms with van der Waals surface area (Å²) in [6.07, 6.45) is 7.89. The number of nitriles is 1. The molecule has 0 saturated heterocycles. The zero-order chi connectivity index (χ0) is 22.5. The maximum absolute atomic E-state index is 12.7. The number of rotatable bonds is 7. The van der Waals surface area contributed by atoms with E-state index in [0.29, 0.717) is 28.7 Å². The molecule has 2 saturated carbocycles. The van der Waals surface area contributed by atoms with Gasteiger partial charge in [0.05, 0.1) is 30.6 Å². The highest BCUT2D eigenvalue weighted by molar-refractivity contribution is 7.89. The quantitative estimate of drug-likeness (QED) is 0.585. The van der Waals surface area contributed by atoms with E-state index in [2.05, 4.69) is 25.3 Å². The average Bonchev–Trinajstić information content (AvgIpc) is 3.56. The Bertz CT molecular complexity index is 1320. The Morgan fingerprint density at radius 1 is 1.22 bits per heavy atom. The van der Waals surface area contributed by atoms with Crippen molar-refractivity contribution in [2.45, 2.75) is 56.0 Å². The van der Waals surface area contributed by atoms with Gasteiger partial charge in [-0.1, -0.05) is 0 Å². The molecule has 1 atom stereocenters. The zero-order valence-corrected chi connectivity index (χ0v) is 18.9. The number of hydrogen-bond acceptors (Lipinski definition) is 6. The van der Waals surface area contributed by atoms with Crippen LogP contribution in [0.3, 0.4) is 0 Å². The minimum Gasteiger partial charge on any atom is -0.497 e. The molecule has 166 valence electrons. The van der Waals surface area contributed by atoms with Gasteiger partial charge in [-0.2, -0.15) is 5.26 Å². The highest BCUT2D eigenvalue weighted by atomic mass is 32.2. The minimum atomic E-state index is -3.70. The van der Waals surface area contributed by atoms with Crippen LogP contribution in [0.25, 0.3) is 22.4 Å². The lowest BCUT2D eigenvalue weighted by molar-refractivity contribution is 0.323. The van der Waals surface area contributed by atoms with E-state index < -0.39 is 10.0 Å². The van der Waals surface area contributed by atoms with Gasteiger partial charge < -0.3 is 9.30 Å². The van der Waals surface area contributed by atoms with Crippen molar-refractivity contribution in [2.24, 2.45) is 5.92 Å². The number of hydrogen-bond donors (Lipinski definition) is 1. The van der Waals surface area contributed by atoms with Gasteiger partial charge in [0.25, 0.3) is 0 Å². The maximum Gasteiger partial charge on any atom is 0.243 e. The normalized spacial score (nSPS) is 17.7. The molecule has 0 spiro atoms. The van der Waals surface area contributed by atoms with Crippen LogP contribution in [0.2, 0.25) is 0 Å². The summed E-state index contributed by atoms with van der Waals surface area (Å²) in [5, 5.41) is 10.8. The third kappa shape index (κ3) is 3.53. The Kier molecular flexibility index (Phi) is 5.14. The molecule has 2 aliphatic rings. The summed E-state index contributed by atoms with van der Waals surface area (Å²) in [5.74, 6) is 1.46. The fourth-order valence-corrected chi connectivity index (χ4v) is 5.56. The predicted molar refractivity (Wildman–Crippen MR) is 120 cm³/mol. The largest absolute Gasteiger partial charge is 0.497 e. The summed E-state index contributed by atoms with van der Waals surface area (Å²) in [5.41, 5.74) is 2.02. The van der Waals surface area contributed by atoms with E-state index >= 15 is 0 Å². The summed E-state index contributed by atoms with van der Waals surface area (Å²) >= 11 is 0. The van der Waals surface area contributed by atoms with E-state index in [4.69, 9.17) is 4.74 Å². The van der Waals surface area contributed by atoms with E-state index in [1.54, 1.807) is 7.11 Å². The van der Waals surface area contributed by atoms with E-state index in [9.17, 15) is 13.7 Å². The van der Waals surface area contributed by atoms with Crippen LogP contribution >= 0.6 is 0 Å². The third-order valence-corrected chi connectivity index (χ3v) is 8.10. The molecule has 0 bridgehead atoms. The van der Waals surface area contributed by atoms with Crippen molar-refractivity contribution in [3.8, 4) is 23.3 Å². The van der Waals surface area contributed by atoms with Crippen LogP contribution in [0, 0.1) is 17.2 Å². The summed E-state index contributed by atoms with van der Waals surface area (Å²) < 4.78 is 35.7. The van der Waals surface area contributed by atoms with Crippen molar-refractivity contribution in [3.05, 3.63) is 36.2 Å². The molecule has 9 heteroatoms. The van der Waals surface area contributed by atoms with Crippen LogP contribution in [0.1, 0.15) is 50.6 Å². The van der Waals surface area contributed by atoms with Crippen LogP contribution in [-0.4, -0.2) is 36.1 Å². The Morgan fingerprint density at radius 3 is 2.50 bits per heavy atom. The number of ether oxygens (including phenoxy) is 1. The second kappa shape index (κ2) is 7.87. The molecule has 2 aliphatic carbocycles. The average molecular weight is 452 g/mol. The van der Waals surface area contributed by atoms with E-state index in [1.807, 2.05) is 25.1 Å². The Labute approximate surface area is 187 Å². The maximum atomic E-state index is 12.7. The van der Waals surface area contributed by atoms with Crippen molar-refractivity contribution in [3.63, 3.8) is 0 Å². The molecule has 0 radical (unpaired) electrons. The fraction of sp³-hybridized carbons (Fsp3) is 0.435. The lowest BCUT2D eigenvalue weighted by Crippen LogP contribution is -2.34. The summed E-state index contributed by atoms with van der Waals surface area (Å²) in [7, 11) is -2.08. The predicted octanol–water partition coefficient (Wildman–Crippen LogP) is 3.78. The summed E-state index contributed by atoms with van der Waals surface area (Å²) in [4.78, 5) is 8.82. The third-order valence-electron chi connectivity index (χ3n) is 6.58. The lowest BCUT2D eigenvalue weighted by atomic mass is 9.92. The van der Waals surface area contributed by atoms with Gasteiger partial charge in [0.2, 0.25) is 10.0 Å². The molecule has 0 aliphatic heterocycles. The number of aromatic nitrogens is 3. The van der Waals surface area contributed by atoms with E-state index in [1.165, 1.54) is 12.4 Å². The van der Waals surface area contributed by atoms with Gasteiger partial charge in [-0.25, -0.2) is 23.1 Å². The lowest BCUT2D eigenvalue weighted by Gasteiger charge is -2.29. The second-order valence-electron chi connectivity index (χ2n) is 8.66. The Hall–Kier alpha value is -2.96. The highest BCUT2D eigenvalue weighted by Crippen LogP contribution is 2.42. The van der Waals surface area contributed by atoms with Gasteiger partial charge in [0, 0.05) is 23.5 Å². The Morgan fingerprint density at radius 2 is 1.94 bits per heavy atom. The van der Waals surface area contributed by atoms with Crippen molar-refractivity contribution >= 4 is 20.9 Å². The number of methoxy groups -OCH3 is 1. The van der Waals surface area contributed by atoms with Gasteiger partial charge >= 0.3 is 0 Å². The van der Waals surface area contributed by atoms with Crippen LogP contribution < -0.4 is 9.46 Å². The number of nitrogens with zero attached hydrogens (tertiary/aromatic N) is 4. The monoisotopic (exact) mass is 451 g/mol. The number of nitrogens with one attached hydrogen (secondary N) is 1. The van der Waals surface area contributed by atoms with Crippen LogP contribution in [0.5, 0.6) is 5.75 Å². The number of benzene rings is 1. The molecule has 0 unspecified atom stereocenters. The fourth-order valence-electron chi connectivity index (χ4n) is 4.36. The van der Waals surface area contributed by atoms with Crippen molar-refractivity contribution in [1.82, 2.24) is 19.3 Å². The van der Waals surface area contributed by atoms with Gasteiger partial charge in [0.1, 0.15) is 22.4 Å². The zero-order valence-electron chi connectivity index (χ0n) is 18.1. The van der Waals surface area contributed by atoms with Gasteiger partial charge in [0.15, 0.2) is 5.82 Å². The van der Waals surface area contributed by atoms with Crippen LogP contribution in [0.15, 0.2) is 35.5 Å². The van der Waals surface area contributed by atoms with Crippen LogP contribution in [-0.2, 0) is 10.0 Å². The number of fused-ring (bicyclic) bond motifs is 1. The molecular formula is C23H25N5O3S. The van der Waals surface area contributed by atoms with E-state index in [-0.39, 0.29) is 17.0 Å².